The smallest absolute Gasteiger partial charge is 0.255 e. The number of para-hydroxylation sites is 1. The first-order valence-electron chi connectivity index (χ1n) is 7.57. The maximum absolute atomic E-state index is 12.3. The number of hydrogen-bond donors (Lipinski definition) is 3. The molecule has 1 aromatic carbocycles. The van der Waals surface area contributed by atoms with Gasteiger partial charge < -0.3 is 21.7 Å². The van der Waals surface area contributed by atoms with Crippen molar-refractivity contribution in [3.05, 3.63) is 23.8 Å². The van der Waals surface area contributed by atoms with Crippen molar-refractivity contribution in [1.29, 1.82) is 0 Å². The van der Waals surface area contributed by atoms with E-state index in [0.717, 1.165) is 44.3 Å². The van der Waals surface area contributed by atoms with Crippen LogP contribution >= 0.6 is 0 Å². The molecular formula is C16H26N4O. The van der Waals surface area contributed by atoms with Crippen LogP contribution in [0, 0.1) is 0 Å². The van der Waals surface area contributed by atoms with Crippen molar-refractivity contribution in [3.8, 4) is 0 Å². The zero-order chi connectivity index (χ0) is 15.5. The molecule has 1 saturated carbocycles. The van der Waals surface area contributed by atoms with Crippen LogP contribution in [0.1, 0.15) is 42.5 Å². The summed E-state index contributed by atoms with van der Waals surface area (Å²) in [7, 11) is 3.51. The minimum Gasteiger partial charge on any atom is -0.397 e. The van der Waals surface area contributed by atoms with E-state index < -0.39 is 0 Å². The monoisotopic (exact) mass is 290 g/mol. The molecule has 1 aromatic rings. The molecule has 0 radical (unpaired) electrons. The van der Waals surface area contributed by atoms with Crippen LogP contribution in [0.25, 0.3) is 0 Å². The normalized spacial score (nSPS) is 15.6. The number of rotatable bonds is 7. The molecule has 116 valence electrons. The molecule has 0 saturated heterocycles. The Morgan fingerprint density at radius 2 is 2.05 bits per heavy atom. The largest absolute Gasteiger partial charge is 0.397 e. The lowest BCUT2D eigenvalue weighted by Gasteiger charge is -2.23. The summed E-state index contributed by atoms with van der Waals surface area (Å²) in [5, 5.41) is 3.55. The third-order valence-corrected chi connectivity index (χ3v) is 4.09. The number of nitrogens with one attached hydrogen (secondary N) is 1. The van der Waals surface area contributed by atoms with Crippen molar-refractivity contribution in [2.24, 2.45) is 5.73 Å². The lowest BCUT2D eigenvalue weighted by Crippen LogP contribution is -2.27. The van der Waals surface area contributed by atoms with Gasteiger partial charge >= 0.3 is 0 Å². The molecule has 0 aromatic heterocycles. The van der Waals surface area contributed by atoms with Gasteiger partial charge in [-0.25, -0.2) is 0 Å². The minimum atomic E-state index is -0.0254. The van der Waals surface area contributed by atoms with Crippen LogP contribution in [0.4, 0.5) is 11.4 Å². The summed E-state index contributed by atoms with van der Waals surface area (Å²) in [5.41, 5.74) is 13.8. The van der Waals surface area contributed by atoms with E-state index in [1.54, 1.807) is 19.0 Å². The Bertz CT molecular complexity index is 509. The number of amides is 1. The van der Waals surface area contributed by atoms with Crippen LogP contribution < -0.4 is 16.8 Å². The first-order valence-corrected chi connectivity index (χ1v) is 7.57. The number of carbonyl (C=O) groups excluding carboxylic acids is 1. The molecule has 0 atom stereocenters. The predicted molar refractivity (Wildman–Crippen MR) is 87.4 cm³/mol. The first-order chi connectivity index (χ1) is 9.99. The van der Waals surface area contributed by atoms with Gasteiger partial charge in [0.25, 0.3) is 5.91 Å². The second-order valence-corrected chi connectivity index (χ2v) is 6.12. The van der Waals surface area contributed by atoms with E-state index in [0.29, 0.717) is 11.3 Å². The number of nitrogens with two attached hydrogens (primary N) is 2. The highest BCUT2D eigenvalue weighted by atomic mass is 16.2. The molecular weight excluding hydrogens is 264 g/mol. The predicted octanol–water partition coefficient (Wildman–Crippen LogP) is 2.04. The summed E-state index contributed by atoms with van der Waals surface area (Å²) in [6.07, 6.45) is 5.47. The Morgan fingerprint density at radius 3 is 2.62 bits per heavy atom. The Morgan fingerprint density at radius 1 is 1.33 bits per heavy atom. The number of nitrogen functional groups attached to an aromatic ring is 1. The number of unbranched alkanes of at least 4 members (excludes halogenated alkanes) is 1. The van der Waals surface area contributed by atoms with Crippen molar-refractivity contribution < 1.29 is 4.79 Å². The highest BCUT2D eigenvalue weighted by molar-refractivity contribution is 6.02. The fourth-order valence-corrected chi connectivity index (χ4v) is 2.59. The maximum Gasteiger partial charge on any atom is 0.255 e. The summed E-state index contributed by atoms with van der Waals surface area (Å²) in [4.78, 5) is 13.9. The van der Waals surface area contributed by atoms with Gasteiger partial charge in [0.15, 0.2) is 0 Å². The van der Waals surface area contributed by atoms with Crippen molar-refractivity contribution in [2.45, 2.75) is 37.6 Å². The van der Waals surface area contributed by atoms with E-state index in [4.69, 9.17) is 11.5 Å². The van der Waals surface area contributed by atoms with Crippen LogP contribution in [0.15, 0.2) is 18.2 Å². The zero-order valence-electron chi connectivity index (χ0n) is 13.0. The van der Waals surface area contributed by atoms with Crippen LogP contribution in [0.3, 0.4) is 0 Å². The fraction of sp³-hybridized carbons (Fsp3) is 0.562. The number of anilines is 2. The van der Waals surface area contributed by atoms with Gasteiger partial charge in [0, 0.05) is 19.6 Å². The highest BCUT2D eigenvalue weighted by Crippen LogP contribution is 2.44. The van der Waals surface area contributed by atoms with E-state index in [9.17, 15) is 4.79 Å². The van der Waals surface area contributed by atoms with E-state index in [1.165, 1.54) is 0 Å². The average Bonchev–Trinajstić information content (AvgIpc) is 3.20. The van der Waals surface area contributed by atoms with Gasteiger partial charge in [0.2, 0.25) is 0 Å². The lowest BCUT2D eigenvalue weighted by atomic mass is 10.0. The quantitative estimate of drug-likeness (QED) is 0.530. The van der Waals surface area contributed by atoms with Crippen molar-refractivity contribution >= 4 is 17.3 Å². The lowest BCUT2D eigenvalue weighted by molar-refractivity contribution is 0.0828. The summed E-state index contributed by atoms with van der Waals surface area (Å²) in [5.74, 6) is -0.0254. The maximum atomic E-state index is 12.3. The van der Waals surface area contributed by atoms with Gasteiger partial charge in [0.1, 0.15) is 0 Å². The first kappa shape index (κ1) is 15.6. The zero-order valence-corrected chi connectivity index (χ0v) is 13.0. The van der Waals surface area contributed by atoms with Crippen LogP contribution in [-0.2, 0) is 0 Å². The van der Waals surface area contributed by atoms with E-state index in [-0.39, 0.29) is 11.4 Å². The van der Waals surface area contributed by atoms with Crippen molar-refractivity contribution in [3.63, 3.8) is 0 Å². The Labute approximate surface area is 126 Å². The minimum absolute atomic E-state index is 0.0254. The van der Waals surface area contributed by atoms with Gasteiger partial charge in [-0.3, -0.25) is 4.79 Å². The second kappa shape index (κ2) is 6.35. The van der Waals surface area contributed by atoms with Gasteiger partial charge in [-0.15, -0.1) is 0 Å². The third-order valence-electron chi connectivity index (χ3n) is 4.09. The summed E-state index contributed by atoms with van der Waals surface area (Å²) >= 11 is 0. The van der Waals surface area contributed by atoms with Crippen LogP contribution in [0.5, 0.6) is 0 Å². The summed E-state index contributed by atoms with van der Waals surface area (Å²) < 4.78 is 0. The Hall–Kier alpha value is -1.75. The van der Waals surface area contributed by atoms with Crippen LogP contribution in [-0.4, -0.2) is 37.0 Å². The average molecular weight is 290 g/mol. The van der Waals surface area contributed by atoms with E-state index >= 15 is 0 Å². The number of carbonyl (C=O) groups is 1. The molecule has 1 amide bonds. The Kier molecular flexibility index (Phi) is 4.73. The number of benzene rings is 1. The SMILES string of the molecule is CN(C)C(=O)c1cccc(N)c1NC1(CCCCN)CC1. The van der Waals surface area contributed by atoms with Crippen molar-refractivity contribution in [1.82, 2.24) is 4.90 Å². The molecule has 5 heteroatoms. The fourth-order valence-electron chi connectivity index (χ4n) is 2.59. The van der Waals surface area contributed by atoms with Crippen LogP contribution in [0.2, 0.25) is 0 Å². The molecule has 1 aliphatic rings. The molecule has 0 spiro atoms. The number of hydrogen-bond acceptors (Lipinski definition) is 4. The Balaban J connectivity index is 2.18. The molecule has 0 unspecified atom stereocenters. The van der Waals surface area contributed by atoms with E-state index in [2.05, 4.69) is 5.32 Å². The summed E-state index contributed by atoms with van der Waals surface area (Å²) in [6, 6.07) is 5.49. The highest BCUT2D eigenvalue weighted by Gasteiger charge is 2.42. The van der Waals surface area contributed by atoms with Gasteiger partial charge in [0.05, 0.1) is 16.9 Å². The molecule has 5 N–H and O–H groups in total. The van der Waals surface area contributed by atoms with Gasteiger partial charge in [-0.2, -0.15) is 0 Å². The molecule has 1 aliphatic carbocycles. The molecule has 1 fully saturated rings. The topological polar surface area (TPSA) is 84.4 Å². The molecule has 0 heterocycles. The second-order valence-electron chi connectivity index (χ2n) is 6.12. The molecule has 21 heavy (non-hydrogen) atoms. The molecule has 0 bridgehead atoms. The van der Waals surface area contributed by atoms with Gasteiger partial charge in [-0.1, -0.05) is 6.07 Å². The number of nitrogens with zero attached hydrogens (tertiary/aromatic N) is 1. The van der Waals surface area contributed by atoms with Crippen molar-refractivity contribution in [2.75, 3.05) is 31.7 Å². The molecule has 0 aliphatic heterocycles. The summed E-state index contributed by atoms with van der Waals surface area (Å²) in [6.45, 7) is 0.730. The standard InChI is InChI=1S/C16H26N4O/c1-20(2)15(21)12-6-5-7-13(18)14(12)19-16(9-10-16)8-3-4-11-17/h5-7,19H,3-4,8-11,17-18H2,1-2H3. The molecule has 5 nitrogen and oxygen atoms in total. The van der Waals surface area contributed by atoms with E-state index in [1.807, 2.05) is 18.2 Å². The third kappa shape index (κ3) is 3.67. The van der Waals surface area contributed by atoms with Gasteiger partial charge in [-0.05, 0) is 50.8 Å². The molecule has 2 rings (SSSR count).